The second-order valence-corrected chi connectivity index (χ2v) is 6.10. The molecule has 0 fully saturated rings. The molecule has 7 nitrogen and oxygen atoms in total. The van der Waals surface area contributed by atoms with Gasteiger partial charge in [-0.3, -0.25) is 4.79 Å². The Hall–Kier alpha value is -3.82. The number of benzene rings is 1. The van der Waals surface area contributed by atoms with Crippen molar-refractivity contribution in [2.75, 3.05) is 5.32 Å². The van der Waals surface area contributed by atoms with Gasteiger partial charge in [-0.1, -0.05) is 18.2 Å². The number of nitrogens with one attached hydrogen (secondary N) is 1. The number of aromatic nitrogens is 5. The van der Waals surface area contributed by atoms with Crippen molar-refractivity contribution in [1.29, 1.82) is 0 Å². The van der Waals surface area contributed by atoms with E-state index in [1.165, 1.54) is 47.2 Å². The molecule has 29 heavy (non-hydrogen) atoms. The van der Waals surface area contributed by atoms with Crippen LogP contribution in [0, 0.1) is 6.92 Å². The zero-order chi connectivity index (χ0) is 20.6. The first-order valence-electron chi connectivity index (χ1n) is 8.46. The SMILES string of the molecule is Cc1nc2ccc(-c3ccccc3C(F)(F)F)nn2c1NC(=O)c1ncccn1. The Morgan fingerprint density at radius 1 is 1.03 bits per heavy atom. The van der Waals surface area contributed by atoms with Gasteiger partial charge in [-0.15, -0.1) is 0 Å². The standard InChI is InChI=1S/C19H13F3N6O/c1-11-17(26-18(29)16-23-9-4-10-24-16)28-15(25-11)8-7-14(27-28)12-5-2-3-6-13(12)19(20,21)22/h2-10H,1H3,(H,26,29). The Labute approximate surface area is 162 Å². The first kappa shape index (κ1) is 18.5. The van der Waals surface area contributed by atoms with Crippen LogP contribution in [0.5, 0.6) is 0 Å². The number of imidazole rings is 1. The predicted octanol–water partition coefficient (Wildman–Crippen LogP) is 3.77. The number of alkyl halides is 3. The molecule has 0 atom stereocenters. The van der Waals surface area contributed by atoms with Crippen molar-refractivity contribution in [1.82, 2.24) is 24.6 Å². The Balaban J connectivity index is 1.80. The first-order valence-corrected chi connectivity index (χ1v) is 8.46. The molecule has 1 N–H and O–H groups in total. The highest BCUT2D eigenvalue weighted by Gasteiger charge is 2.33. The Kier molecular flexibility index (Phi) is 4.45. The van der Waals surface area contributed by atoms with Crippen LogP contribution in [0.3, 0.4) is 0 Å². The van der Waals surface area contributed by atoms with Gasteiger partial charge in [0.2, 0.25) is 5.82 Å². The highest BCUT2D eigenvalue weighted by molar-refractivity contribution is 6.01. The zero-order valence-electron chi connectivity index (χ0n) is 15.0. The Bertz CT molecular complexity index is 1200. The molecule has 0 aliphatic rings. The molecule has 0 saturated heterocycles. The van der Waals surface area contributed by atoms with E-state index in [2.05, 4.69) is 25.4 Å². The predicted molar refractivity (Wildman–Crippen MR) is 98.1 cm³/mol. The van der Waals surface area contributed by atoms with Gasteiger partial charge in [-0.2, -0.15) is 22.8 Å². The summed E-state index contributed by atoms with van der Waals surface area (Å²) in [5.74, 6) is -0.414. The minimum atomic E-state index is -4.53. The molecule has 10 heteroatoms. The first-order chi connectivity index (χ1) is 13.8. The third-order valence-corrected chi connectivity index (χ3v) is 4.16. The van der Waals surface area contributed by atoms with Gasteiger partial charge in [0.1, 0.15) is 0 Å². The molecule has 0 spiro atoms. The number of amides is 1. The van der Waals surface area contributed by atoms with Gasteiger partial charge in [0.15, 0.2) is 11.5 Å². The van der Waals surface area contributed by atoms with Gasteiger partial charge in [-0.05, 0) is 31.2 Å². The third-order valence-electron chi connectivity index (χ3n) is 4.16. The summed E-state index contributed by atoms with van der Waals surface area (Å²) in [7, 11) is 0. The highest BCUT2D eigenvalue weighted by Crippen LogP contribution is 2.36. The average molecular weight is 398 g/mol. The van der Waals surface area contributed by atoms with Crippen LogP contribution >= 0.6 is 0 Å². The van der Waals surface area contributed by atoms with Crippen molar-refractivity contribution >= 4 is 17.4 Å². The molecule has 3 aromatic heterocycles. The van der Waals surface area contributed by atoms with E-state index in [4.69, 9.17) is 0 Å². The molecule has 0 aliphatic heterocycles. The molecule has 146 valence electrons. The van der Waals surface area contributed by atoms with Crippen LogP contribution in [-0.2, 0) is 6.18 Å². The lowest BCUT2D eigenvalue weighted by molar-refractivity contribution is -0.137. The molecule has 0 bridgehead atoms. The van der Waals surface area contributed by atoms with Gasteiger partial charge >= 0.3 is 6.18 Å². The number of halogens is 3. The summed E-state index contributed by atoms with van der Waals surface area (Å²) in [6.45, 7) is 1.65. The molecule has 3 heterocycles. The topological polar surface area (TPSA) is 85.1 Å². The van der Waals surface area contributed by atoms with Crippen molar-refractivity contribution in [2.24, 2.45) is 0 Å². The Morgan fingerprint density at radius 3 is 2.48 bits per heavy atom. The normalized spacial score (nSPS) is 11.6. The largest absolute Gasteiger partial charge is 0.417 e. The van der Waals surface area contributed by atoms with E-state index in [1.54, 1.807) is 13.0 Å². The van der Waals surface area contributed by atoms with Gasteiger partial charge in [-0.25, -0.2) is 15.0 Å². The van der Waals surface area contributed by atoms with Crippen molar-refractivity contribution in [3.63, 3.8) is 0 Å². The second-order valence-electron chi connectivity index (χ2n) is 6.10. The van der Waals surface area contributed by atoms with Crippen molar-refractivity contribution in [2.45, 2.75) is 13.1 Å². The van der Waals surface area contributed by atoms with E-state index in [1.807, 2.05) is 0 Å². The summed E-state index contributed by atoms with van der Waals surface area (Å²) in [4.78, 5) is 24.4. The van der Waals surface area contributed by atoms with Crippen LogP contribution in [0.4, 0.5) is 19.0 Å². The van der Waals surface area contributed by atoms with Crippen molar-refractivity contribution in [3.05, 3.63) is 71.9 Å². The van der Waals surface area contributed by atoms with Crippen LogP contribution < -0.4 is 5.32 Å². The fourth-order valence-electron chi connectivity index (χ4n) is 2.86. The number of hydrogen-bond acceptors (Lipinski definition) is 5. The quantitative estimate of drug-likeness (QED) is 0.568. The number of carbonyl (C=O) groups excluding carboxylic acids is 1. The molecule has 1 amide bonds. The number of hydrogen-bond donors (Lipinski definition) is 1. The van der Waals surface area contributed by atoms with Gasteiger partial charge in [0, 0.05) is 18.0 Å². The number of nitrogens with zero attached hydrogens (tertiary/aromatic N) is 5. The lowest BCUT2D eigenvalue weighted by atomic mass is 10.0. The zero-order valence-corrected chi connectivity index (χ0v) is 15.0. The maximum Gasteiger partial charge on any atom is 0.417 e. The lowest BCUT2D eigenvalue weighted by Crippen LogP contribution is -2.17. The van der Waals surface area contributed by atoms with E-state index < -0.39 is 17.6 Å². The summed E-state index contributed by atoms with van der Waals surface area (Å²) >= 11 is 0. The van der Waals surface area contributed by atoms with Crippen molar-refractivity contribution < 1.29 is 18.0 Å². The van der Waals surface area contributed by atoms with E-state index in [0.717, 1.165) is 6.07 Å². The fraction of sp³-hybridized carbons (Fsp3) is 0.105. The smallest absolute Gasteiger partial charge is 0.302 e. The number of fused-ring (bicyclic) bond motifs is 1. The highest BCUT2D eigenvalue weighted by atomic mass is 19.4. The number of aryl methyl sites for hydroxylation is 1. The molecule has 0 radical (unpaired) electrons. The van der Waals surface area contributed by atoms with E-state index in [-0.39, 0.29) is 22.9 Å². The minimum Gasteiger partial charge on any atom is -0.302 e. The maximum atomic E-state index is 13.4. The number of rotatable bonds is 3. The summed E-state index contributed by atoms with van der Waals surface area (Å²) in [6.07, 6.45) is -1.68. The number of carbonyl (C=O) groups is 1. The van der Waals surface area contributed by atoms with Crippen LogP contribution in [0.25, 0.3) is 16.9 Å². The Morgan fingerprint density at radius 2 is 1.76 bits per heavy atom. The second kappa shape index (κ2) is 6.97. The average Bonchev–Trinajstić information content (AvgIpc) is 3.02. The van der Waals surface area contributed by atoms with Crippen molar-refractivity contribution in [3.8, 4) is 11.3 Å². The minimum absolute atomic E-state index is 0.0552. The molecular weight excluding hydrogens is 385 g/mol. The monoisotopic (exact) mass is 398 g/mol. The van der Waals surface area contributed by atoms with Gasteiger partial charge in [0.25, 0.3) is 5.91 Å². The molecule has 0 unspecified atom stereocenters. The van der Waals surface area contributed by atoms with Gasteiger partial charge < -0.3 is 5.32 Å². The molecule has 0 aliphatic carbocycles. The summed E-state index contributed by atoms with van der Waals surface area (Å²) in [5.41, 5.74) is 0.0428. The molecule has 4 rings (SSSR count). The lowest BCUT2D eigenvalue weighted by Gasteiger charge is -2.12. The third kappa shape index (κ3) is 3.51. The van der Waals surface area contributed by atoms with E-state index >= 15 is 0 Å². The van der Waals surface area contributed by atoms with E-state index in [9.17, 15) is 18.0 Å². The van der Waals surface area contributed by atoms with Crippen LogP contribution in [0.2, 0.25) is 0 Å². The maximum absolute atomic E-state index is 13.4. The van der Waals surface area contributed by atoms with Crippen LogP contribution in [0.1, 0.15) is 21.9 Å². The fourth-order valence-corrected chi connectivity index (χ4v) is 2.86. The van der Waals surface area contributed by atoms with Crippen LogP contribution in [0.15, 0.2) is 54.9 Å². The molecule has 1 aromatic carbocycles. The summed E-state index contributed by atoms with van der Waals surface area (Å²) in [5, 5.41) is 6.91. The van der Waals surface area contributed by atoms with Crippen LogP contribution in [-0.4, -0.2) is 30.5 Å². The molecule has 0 saturated carbocycles. The summed E-state index contributed by atoms with van der Waals surface area (Å²) in [6, 6.07) is 9.73. The summed E-state index contributed by atoms with van der Waals surface area (Å²) < 4.78 is 41.4. The number of anilines is 1. The van der Waals surface area contributed by atoms with Gasteiger partial charge in [0.05, 0.1) is 17.0 Å². The molecule has 4 aromatic rings. The van der Waals surface area contributed by atoms with E-state index in [0.29, 0.717) is 11.3 Å². The molecular formula is C19H13F3N6O.